The molecule has 1 aromatic carbocycles. The Morgan fingerprint density at radius 2 is 2.00 bits per heavy atom. The Morgan fingerprint density at radius 1 is 1.33 bits per heavy atom. The minimum atomic E-state index is -3.53. The first kappa shape index (κ1) is 13.3. The number of hydrogen-bond acceptors (Lipinski definition) is 4. The zero-order chi connectivity index (χ0) is 13.2. The fourth-order valence-electron chi connectivity index (χ4n) is 2.09. The van der Waals surface area contributed by atoms with E-state index in [1.54, 1.807) is 0 Å². The van der Waals surface area contributed by atoms with E-state index in [2.05, 4.69) is 0 Å². The van der Waals surface area contributed by atoms with Crippen LogP contribution in [-0.2, 0) is 14.6 Å². The van der Waals surface area contributed by atoms with Crippen LogP contribution >= 0.6 is 0 Å². The van der Waals surface area contributed by atoms with Gasteiger partial charge in [-0.3, -0.25) is 0 Å². The number of benzene rings is 1. The van der Waals surface area contributed by atoms with Crippen molar-refractivity contribution in [3.8, 4) is 0 Å². The third-order valence-corrected chi connectivity index (χ3v) is 5.04. The lowest BCUT2D eigenvalue weighted by atomic mass is 10.0. The summed E-state index contributed by atoms with van der Waals surface area (Å²) in [6, 6.07) is 3.43. The molecule has 1 aliphatic heterocycles. The van der Waals surface area contributed by atoms with Crippen molar-refractivity contribution in [2.45, 2.75) is 17.7 Å². The minimum Gasteiger partial charge on any atom is -0.398 e. The van der Waals surface area contributed by atoms with Crippen molar-refractivity contribution in [3.63, 3.8) is 0 Å². The van der Waals surface area contributed by atoms with Crippen LogP contribution in [0.3, 0.4) is 0 Å². The Bertz CT molecular complexity index is 524. The van der Waals surface area contributed by atoms with Crippen LogP contribution in [0, 0.1) is 11.7 Å². The van der Waals surface area contributed by atoms with E-state index in [4.69, 9.17) is 10.5 Å². The van der Waals surface area contributed by atoms with Crippen molar-refractivity contribution >= 4 is 15.5 Å². The van der Waals surface area contributed by atoms with Gasteiger partial charge in [-0.05, 0) is 37.0 Å². The second-order valence-electron chi connectivity index (χ2n) is 4.52. The predicted molar refractivity (Wildman–Crippen MR) is 66.4 cm³/mol. The second kappa shape index (κ2) is 5.24. The molecule has 1 saturated heterocycles. The van der Waals surface area contributed by atoms with E-state index < -0.39 is 15.7 Å². The SMILES string of the molecule is Nc1ccc(F)cc1S(=O)(=O)CC1CCOCC1. The molecule has 0 spiro atoms. The van der Waals surface area contributed by atoms with Crippen LogP contribution in [0.15, 0.2) is 23.1 Å². The molecule has 2 N–H and O–H groups in total. The first-order valence-electron chi connectivity index (χ1n) is 5.84. The van der Waals surface area contributed by atoms with Crippen molar-refractivity contribution in [2.75, 3.05) is 24.7 Å². The lowest BCUT2D eigenvalue weighted by Crippen LogP contribution is -2.24. The monoisotopic (exact) mass is 273 g/mol. The van der Waals surface area contributed by atoms with Crippen molar-refractivity contribution in [2.24, 2.45) is 5.92 Å². The van der Waals surface area contributed by atoms with Gasteiger partial charge >= 0.3 is 0 Å². The number of halogens is 1. The van der Waals surface area contributed by atoms with E-state index in [0.717, 1.165) is 12.1 Å². The van der Waals surface area contributed by atoms with Crippen molar-refractivity contribution in [1.82, 2.24) is 0 Å². The van der Waals surface area contributed by atoms with Gasteiger partial charge in [0.2, 0.25) is 0 Å². The molecule has 0 radical (unpaired) electrons. The highest BCUT2D eigenvalue weighted by Crippen LogP contribution is 2.25. The summed E-state index contributed by atoms with van der Waals surface area (Å²) in [5.74, 6) is -0.523. The Hall–Kier alpha value is -1.14. The molecular formula is C12H16FNO3S. The number of nitrogens with two attached hydrogens (primary N) is 1. The van der Waals surface area contributed by atoms with Gasteiger partial charge in [-0.1, -0.05) is 0 Å². The highest BCUT2D eigenvalue weighted by Gasteiger charge is 2.25. The maximum atomic E-state index is 13.1. The summed E-state index contributed by atoms with van der Waals surface area (Å²) in [5.41, 5.74) is 5.71. The smallest absolute Gasteiger partial charge is 0.180 e. The van der Waals surface area contributed by atoms with Gasteiger partial charge in [0.15, 0.2) is 9.84 Å². The van der Waals surface area contributed by atoms with Crippen molar-refractivity contribution in [3.05, 3.63) is 24.0 Å². The van der Waals surface area contributed by atoms with E-state index in [1.165, 1.54) is 6.07 Å². The molecule has 18 heavy (non-hydrogen) atoms. The zero-order valence-corrected chi connectivity index (χ0v) is 10.7. The number of hydrogen-bond donors (Lipinski definition) is 1. The maximum absolute atomic E-state index is 13.1. The number of sulfone groups is 1. The molecule has 0 aliphatic carbocycles. The van der Waals surface area contributed by atoms with Gasteiger partial charge in [0.25, 0.3) is 0 Å². The van der Waals surface area contributed by atoms with Gasteiger partial charge in [0.05, 0.1) is 16.3 Å². The number of anilines is 1. The highest BCUT2D eigenvalue weighted by atomic mass is 32.2. The molecule has 0 bridgehead atoms. The van der Waals surface area contributed by atoms with E-state index in [1.807, 2.05) is 0 Å². The van der Waals surface area contributed by atoms with Crippen molar-refractivity contribution < 1.29 is 17.5 Å². The second-order valence-corrected chi connectivity index (χ2v) is 6.52. The number of rotatable bonds is 3. The van der Waals surface area contributed by atoms with Gasteiger partial charge in [-0.2, -0.15) is 0 Å². The number of nitrogen functional groups attached to an aromatic ring is 1. The summed E-state index contributed by atoms with van der Waals surface area (Å²) in [6.07, 6.45) is 1.43. The van der Waals surface area contributed by atoms with Gasteiger partial charge in [0.1, 0.15) is 5.82 Å². The van der Waals surface area contributed by atoms with Gasteiger partial charge in [-0.25, -0.2) is 12.8 Å². The Kier molecular flexibility index (Phi) is 3.87. The van der Waals surface area contributed by atoms with Gasteiger partial charge in [-0.15, -0.1) is 0 Å². The molecular weight excluding hydrogens is 257 g/mol. The first-order chi connectivity index (χ1) is 8.49. The predicted octanol–water partition coefficient (Wildman–Crippen LogP) is 1.61. The van der Waals surface area contributed by atoms with E-state index >= 15 is 0 Å². The van der Waals surface area contributed by atoms with Crippen LogP contribution in [-0.4, -0.2) is 27.4 Å². The minimum absolute atomic E-state index is 0.00398. The van der Waals surface area contributed by atoms with Crippen LogP contribution in [0.1, 0.15) is 12.8 Å². The van der Waals surface area contributed by atoms with Crippen molar-refractivity contribution in [1.29, 1.82) is 0 Å². The summed E-state index contributed by atoms with van der Waals surface area (Å²) < 4.78 is 42.7. The van der Waals surface area contributed by atoms with Crippen LogP contribution in [0.5, 0.6) is 0 Å². The average molecular weight is 273 g/mol. The topological polar surface area (TPSA) is 69.4 Å². The van der Waals surface area contributed by atoms with Crippen LogP contribution in [0.2, 0.25) is 0 Å². The third-order valence-electron chi connectivity index (χ3n) is 3.11. The standard InChI is InChI=1S/C12H16FNO3S/c13-10-1-2-11(14)12(7-10)18(15,16)8-9-3-5-17-6-4-9/h1-2,7,9H,3-6,8,14H2. The fourth-order valence-corrected chi connectivity index (χ4v) is 3.94. The summed E-state index contributed by atoms with van der Waals surface area (Å²) >= 11 is 0. The lowest BCUT2D eigenvalue weighted by molar-refractivity contribution is 0.0723. The molecule has 1 heterocycles. The maximum Gasteiger partial charge on any atom is 0.180 e. The Labute approximate surface area is 106 Å². The molecule has 1 aliphatic rings. The number of ether oxygens (including phenoxy) is 1. The Morgan fingerprint density at radius 3 is 2.67 bits per heavy atom. The molecule has 0 amide bonds. The molecule has 100 valence electrons. The molecule has 2 rings (SSSR count). The van der Waals surface area contributed by atoms with E-state index in [0.29, 0.717) is 26.1 Å². The highest BCUT2D eigenvalue weighted by molar-refractivity contribution is 7.91. The lowest BCUT2D eigenvalue weighted by Gasteiger charge is -2.22. The van der Waals surface area contributed by atoms with E-state index in [-0.39, 0.29) is 22.3 Å². The molecule has 1 fully saturated rings. The molecule has 0 unspecified atom stereocenters. The van der Waals surface area contributed by atoms with Crippen LogP contribution in [0.4, 0.5) is 10.1 Å². The van der Waals surface area contributed by atoms with Gasteiger partial charge in [0, 0.05) is 13.2 Å². The summed E-state index contributed by atoms with van der Waals surface area (Å²) in [7, 11) is -3.53. The molecule has 0 saturated carbocycles. The molecule has 1 aromatic rings. The summed E-state index contributed by atoms with van der Waals surface area (Å²) in [4.78, 5) is -0.103. The largest absolute Gasteiger partial charge is 0.398 e. The summed E-state index contributed by atoms with van der Waals surface area (Å²) in [6.45, 7) is 1.16. The van der Waals surface area contributed by atoms with Gasteiger partial charge < -0.3 is 10.5 Å². The average Bonchev–Trinajstić information content (AvgIpc) is 2.33. The van der Waals surface area contributed by atoms with E-state index in [9.17, 15) is 12.8 Å². The first-order valence-corrected chi connectivity index (χ1v) is 7.50. The third kappa shape index (κ3) is 3.00. The fraction of sp³-hybridized carbons (Fsp3) is 0.500. The Balaban J connectivity index is 2.21. The van der Waals surface area contributed by atoms with Crippen LogP contribution in [0.25, 0.3) is 0 Å². The van der Waals surface area contributed by atoms with Crippen LogP contribution < -0.4 is 5.73 Å². The molecule has 0 aromatic heterocycles. The zero-order valence-electron chi connectivity index (χ0n) is 9.93. The molecule has 4 nitrogen and oxygen atoms in total. The quantitative estimate of drug-likeness (QED) is 0.849. The molecule has 6 heteroatoms. The normalized spacial score (nSPS) is 17.8. The molecule has 0 atom stereocenters. The summed E-state index contributed by atoms with van der Waals surface area (Å²) in [5, 5.41) is 0.